The number of hydrogen-bond acceptors (Lipinski definition) is 2. The van der Waals surface area contributed by atoms with Crippen molar-refractivity contribution < 1.29 is 4.79 Å². The number of hydrogen-bond donors (Lipinski definition) is 1. The van der Waals surface area contributed by atoms with E-state index in [-0.39, 0.29) is 11.3 Å². The average molecular weight is 260 g/mol. The molecule has 0 radical (unpaired) electrons. The van der Waals surface area contributed by atoms with Gasteiger partial charge in [-0.3, -0.25) is 4.79 Å². The fourth-order valence-corrected chi connectivity index (χ4v) is 2.68. The molecule has 1 aromatic carbocycles. The minimum Gasteiger partial charge on any atom is -0.399 e. The van der Waals surface area contributed by atoms with Gasteiger partial charge in [0.2, 0.25) is 5.91 Å². The van der Waals surface area contributed by atoms with Crippen molar-refractivity contribution in [1.29, 1.82) is 0 Å². The highest BCUT2D eigenvalue weighted by molar-refractivity contribution is 5.79. The van der Waals surface area contributed by atoms with Gasteiger partial charge in [0.15, 0.2) is 0 Å². The fourth-order valence-electron chi connectivity index (χ4n) is 2.68. The largest absolute Gasteiger partial charge is 0.399 e. The molecule has 104 valence electrons. The zero-order valence-corrected chi connectivity index (χ0v) is 12.1. The van der Waals surface area contributed by atoms with E-state index in [1.807, 2.05) is 29.2 Å². The molecule has 0 saturated carbocycles. The van der Waals surface area contributed by atoms with Crippen molar-refractivity contribution in [2.75, 3.05) is 18.8 Å². The smallest absolute Gasteiger partial charge is 0.227 e. The van der Waals surface area contributed by atoms with Gasteiger partial charge in [-0.25, -0.2) is 0 Å². The molecule has 3 nitrogen and oxygen atoms in total. The lowest BCUT2D eigenvalue weighted by Crippen LogP contribution is -2.32. The molecule has 2 N–H and O–H groups in total. The third-order valence-electron chi connectivity index (χ3n) is 4.07. The quantitative estimate of drug-likeness (QED) is 0.831. The van der Waals surface area contributed by atoms with Gasteiger partial charge in [-0.2, -0.15) is 0 Å². The Labute approximate surface area is 115 Å². The molecule has 0 aliphatic carbocycles. The monoisotopic (exact) mass is 260 g/mol. The summed E-state index contributed by atoms with van der Waals surface area (Å²) in [4.78, 5) is 14.3. The minimum absolute atomic E-state index is 0.220. The zero-order valence-electron chi connectivity index (χ0n) is 12.1. The van der Waals surface area contributed by atoms with Crippen molar-refractivity contribution in [3.05, 3.63) is 29.8 Å². The van der Waals surface area contributed by atoms with Crippen molar-refractivity contribution in [3.63, 3.8) is 0 Å². The van der Waals surface area contributed by atoms with Gasteiger partial charge < -0.3 is 10.6 Å². The maximum absolute atomic E-state index is 12.3. The highest BCUT2D eigenvalue weighted by Crippen LogP contribution is 2.33. The maximum Gasteiger partial charge on any atom is 0.227 e. The SMILES string of the molecule is CC(C)(C)C1CCN(C(=O)Cc2cccc(N)c2)C1. The zero-order chi connectivity index (χ0) is 14.0. The van der Waals surface area contributed by atoms with E-state index in [9.17, 15) is 4.79 Å². The number of carbonyl (C=O) groups excluding carboxylic acids is 1. The molecular formula is C16H24N2O. The predicted molar refractivity (Wildman–Crippen MR) is 78.7 cm³/mol. The molecule has 1 aliphatic heterocycles. The molecule has 1 unspecified atom stereocenters. The molecule has 1 fully saturated rings. The van der Waals surface area contributed by atoms with Crippen molar-refractivity contribution in [2.45, 2.75) is 33.6 Å². The molecule has 1 heterocycles. The van der Waals surface area contributed by atoms with E-state index in [0.717, 1.165) is 30.8 Å². The van der Waals surface area contributed by atoms with Crippen LogP contribution < -0.4 is 5.73 Å². The lowest BCUT2D eigenvalue weighted by atomic mass is 9.80. The lowest BCUT2D eigenvalue weighted by Gasteiger charge is -2.27. The second-order valence-corrected chi connectivity index (χ2v) is 6.61. The molecule has 1 amide bonds. The molecule has 1 aromatic rings. The number of benzene rings is 1. The van der Waals surface area contributed by atoms with E-state index in [1.54, 1.807) is 0 Å². The highest BCUT2D eigenvalue weighted by Gasteiger charge is 2.33. The van der Waals surface area contributed by atoms with Gasteiger partial charge in [0.1, 0.15) is 0 Å². The standard InChI is InChI=1S/C16H24N2O/c1-16(2,3)13-7-8-18(11-13)15(19)10-12-5-4-6-14(17)9-12/h4-6,9,13H,7-8,10-11,17H2,1-3H3. The first kappa shape index (κ1) is 13.9. The highest BCUT2D eigenvalue weighted by atomic mass is 16.2. The Bertz CT molecular complexity index is 462. The Morgan fingerprint density at radius 1 is 1.42 bits per heavy atom. The van der Waals surface area contributed by atoms with E-state index in [1.165, 1.54) is 0 Å². The number of nitrogens with two attached hydrogens (primary N) is 1. The Kier molecular flexibility index (Phi) is 3.83. The topological polar surface area (TPSA) is 46.3 Å². The van der Waals surface area contributed by atoms with E-state index >= 15 is 0 Å². The van der Waals surface area contributed by atoms with Crippen LogP contribution in [0.3, 0.4) is 0 Å². The Morgan fingerprint density at radius 3 is 2.74 bits per heavy atom. The molecular weight excluding hydrogens is 236 g/mol. The Morgan fingerprint density at radius 2 is 2.16 bits per heavy atom. The van der Waals surface area contributed by atoms with E-state index in [4.69, 9.17) is 5.73 Å². The summed E-state index contributed by atoms with van der Waals surface area (Å²) < 4.78 is 0. The fraction of sp³-hybridized carbons (Fsp3) is 0.562. The molecule has 19 heavy (non-hydrogen) atoms. The van der Waals surface area contributed by atoms with Crippen LogP contribution in [0.1, 0.15) is 32.8 Å². The van der Waals surface area contributed by atoms with Crippen LogP contribution in [0.4, 0.5) is 5.69 Å². The third kappa shape index (κ3) is 3.49. The van der Waals surface area contributed by atoms with Gasteiger partial charge >= 0.3 is 0 Å². The lowest BCUT2D eigenvalue weighted by molar-refractivity contribution is -0.129. The molecule has 1 atom stereocenters. The first-order valence-electron chi connectivity index (χ1n) is 6.98. The summed E-state index contributed by atoms with van der Waals surface area (Å²) in [6.45, 7) is 8.55. The van der Waals surface area contributed by atoms with Crippen LogP contribution in [0.25, 0.3) is 0 Å². The number of amides is 1. The van der Waals surface area contributed by atoms with Gasteiger partial charge in [0.25, 0.3) is 0 Å². The summed E-state index contributed by atoms with van der Waals surface area (Å²) in [5.74, 6) is 0.828. The average Bonchev–Trinajstić information content (AvgIpc) is 2.77. The normalized spacial score (nSPS) is 19.7. The number of likely N-dealkylation sites (tertiary alicyclic amines) is 1. The number of anilines is 1. The second kappa shape index (κ2) is 5.24. The van der Waals surface area contributed by atoms with Crippen molar-refractivity contribution in [2.24, 2.45) is 11.3 Å². The van der Waals surface area contributed by atoms with Crippen LogP contribution >= 0.6 is 0 Å². The molecule has 0 bridgehead atoms. The number of rotatable bonds is 2. The molecule has 0 aromatic heterocycles. The number of nitrogen functional groups attached to an aromatic ring is 1. The van der Waals surface area contributed by atoms with Crippen LogP contribution in [0.5, 0.6) is 0 Å². The Balaban J connectivity index is 1.95. The van der Waals surface area contributed by atoms with Gasteiger partial charge in [-0.1, -0.05) is 32.9 Å². The second-order valence-electron chi connectivity index (χ2n) is 6.61. The molecule has 3 heteroatoms. The van der Waals surface area contributed by atoms with Gasteiger partial charge in [0, 0.05) is 18.8 Å². The van der Waals surface area contributed by atoms with Gasteiger partial charge in [0.05, 0.1) is 6.42 Å². The molecule has 1 aliphatic rings. The van der Waals surface area contributed by atoms with E-state index in [0.29, 0.717) is 12.3 Å². The number of carbonyl (C=O) groups is 1. The van der Waals surface area contributed by atoms with Crippen LogP contribution in [0, 0.1) is 11.3 Å². The minimum atomic E-state index is 0.220. The van der Waals surface area contributed by atoms with Gasteiger partial charge in [-0.15, -0.1) is 0 Å². The Hall–Kier alpha value is -1.51. The van der Waals surface area contributed by atoms with Crippen LogP contribution in [0.2, 0.25) is 0 Å². The summed E-state index contributed by atoms with van der Waals surface area (Å²) in [5.41, 5.74) is 7.75. The summed E-state index contributed by atoms with van der Waals surface area (Å²) in [7, 11) is 0. The first-order chi connectivity index (χ1) is 8.86. The maximum atomic E-state index is 12.3. The predicted octanol–water partition coefficient (Wildman–Crippen LogP) is 2.71. The van der Waals surface area contributed by atoms with Crippen LogP contribution in [0.15, 0.2) is 24.3 Å². The molecule has 1 saturated heterocycles. The van der Waals surface area contributed by atoms with Crippen molar-refractivity contribution in [1.82, 2.24) is 4.90 Å². The van der Waals surface area contributed by atoms with Crippen molar-refractivity contribution >= 4 is 11.6 Å². The van der Waals surface area contributed by atoms with Crippen LogP contribution in [-0.4, -0.2) is 23.9 Å². The first-order valence-corrected chi connectivity index (χ1v) is 6.98. The number of nitrogens with zero attached hydrogens (tertiary/aromatic N) is 1. The van der Waals surface area contributed by atoms with E-state index in [2.05, 4.69) is 20.8 Å². The summed E-state index contributed by atoms with van der Waals surface area (Å²) in [6, 6.07) is 7.60. The summed E-state index contributed by atoms with van der Waals surface area (Å²) in [5, 5.41) is 0. The third-order valence-corrected chi connectivity index (χ3v) is 4.07. The van der Waals surface area contributed by atoms with E-state index < -0.39 is 0 Å². The molecule has 2 rings (SSSR count). The molecule has 0 spiro atoms. The summed E-state index contributed by atoms with van der Waals surface area (Å²) >= 11 is 0. The van der Waals surface area contributed by atoms with Crippen molar-refractivity contribution in [3.8, 4) is 0 Å². The summed E-state index contributed by atoms with van der Waals surface area (Å²) in [6.07, 6.45) is 1.58. The van der Waals surface area contributed by atoms with Crippen LogP contribution in [-0.2, 0) is 11.2 Å². The van der Waals surface area contributed by atoms with Gasteiger partial charge in [-0.05, 0) is 35.4 Å².